The normalized spacial score (nSPS) is 23.3. The van der Waals surface area contributed by atoms with E-state index in [0.717, 1.165) is 35.2 Å². The molecule has 4 N–H and O–H groups in total. The SMILES string of the molecule is Cc1nc(NC2CCC2)nc(N[C@@]2(O)CC[C@H](CS(=O)(=O)c3ccncc3)[C@H]2O)c1-c1nc2c(C)nccc2s1. The van der Waals surface area contributed by atoms with Gasteiger partial charge in [-0.1, -0.05) is 0 Å². The molecule has 3 atom stereocenters. The molecule has 40 heavy (non-hydrogen) atoms. The van der Waals surface area contributed by atoms with Crippen molar-refractivity contribution in [1.82, 2.24) is 24.9 Å². The maximum absolute atomic E-state index is 13.0. The number of aliphatic hydroxyl groups is 2. The second-order valence-electron chi connectivity index (χ2n) is 10.6. The minimum atomic E-state index is -3.68. The predicted octanol–water partition coefficient (Wildman–Crippen LogP) is 3.47. The van der Waals surface area contributed by atoms with Crippen LogP contribution in [0, 0.1) is 19.8 Å². The zero-order chi connectivity index (χ0) is 28.1. The number of sulfone groups is 1. The lowest BCUT2D eigenvalue weighted by atomic mass is 9.93. The van der Waals surface area contributed by atoms with Gasteiger partial charge in [0.05, 0.1) is 32.3 Å². The Morgan fingerprint density at radius 2 is 1.82 bits per heavy atom. The van der Waals surface area contributed by atoms with Crippen LogP contribution in [0.25, 0.3) is 20.8 Å². The molecule has 2 fully saturated rings. The Morgan fingerprint density at radius 3 is 2.52 bits per heavy atom. The van der Waals surface area contributed by atoms with Crippen LogP contribution in [0.15, 0.2) is 41.7 Å². The molecule has 0 bridgehead atoms. The van der Waals surface area contributed by atoms with Crippen LogP contribution in [-0.2, 0) is 9.84 Å². The molecule has 0 saturated heterocycles. The highest BCUT2D eigenvalue weighted by atomic mass is 32.2. The summed E-state index contributed by atoms with van der Waals surface area (Å²) in [6, 6.07) is 5.06. The van der Waals surface area contributed by atoms with E-state index < -0.39 is 27.6 Å². The third-order valence-corrected chi connectivity index (χ3v) is 10.7. The Morgan fingerprint density at radius 1 is 1.05 bits per heavy atom. The van der Waals surface area contributed by atoms with Crippen LogP contribution >= 0.6 is 11.3 Å². The molecule has 0 amide bonds. The van der Waals surface area contributed by atoms with E-state index in [2.05, 4.69) is 20.6 Å². The fourth-order valence-corrected chi connectivity index (χ4v) is 8.10. The van der Waals surface area contributed by atoms with E-state index in [1.54, 1.807) is 6.20 Å². The fraction of sp³-hybridized carbons (Fsp3) is 0.444. The largest absolute Gasteiger partial charge is 0.388 e. The molecule has 2 aliphatic rings. The van der Waals surface area contributed by atoms with Gasteiger partial charge in [-0.3, -0.25) is 9.97 Å². The van der Waals surface area contributed by atoms with E-state index in [1.165, 1.54) is 35.9 Å². The number of thiazole rings is 1. The second kappa shape index (κ2) is 10.3. The molecule has 0 unspecified atom stereocenters. The molecule has 4 aromatic heterocycles. The Hall–Kier alpha value is -3.26. The van der Waals surface area contributed by atoms with Crippen molar-refractivity contribution >= 4 is 43.2 Å². The summed E-state index contributed by atoms with van der Waals surface area (Å²) in [7, 11) is -3.68. The molecule has 210 valence electrons. The van der Waals surface area contributed by atoms with E-state index in [4.69, 9.17) is 15.0 Å². The van der Waals surface area contributed by atoms with Gasteiger partial charge in [-0.2, -0.15) is 4.98 Å². The van der Waals surface area contributed by atoms with Crippen LogP contribution in [0.5, 0.6) is 0 Å². The van der Waals surface area contributed by atoms with E-state index in [9.17, 15) is 18.6 Å². The Bertz CT molecular complexity index is 1660. The van der Waals surface area contributed by atoms with Gasteiger partial charge < -0.3 is 20.8 Å². The second-order valence-corrected chi connectivity index (χ2v) is 13.7. The van der Waals surface area contributed by atoms with E-state index >= 15 is 0 Å². The maximum Gasteiger partial charge on any atom is 0.225 e. The summed E-state index contributed by atoms with van der Waals surface area (Å²) < 4.78 is 27.0. The van der Waals surface area contributed by atoms with Gasteiger partial charge in [-0.05, 0) is 64.2 Å². The summed E-state index contributed by atoms with van der Waals surface area (Å²) in [6.45, 7) is 3.77. The summed E-state index contributed by atoms with van der Waals surface area (Å²) in [5.41, 5.74) is 1.07. The number of fused-ring (bicyclic) bond motifs is 1. The Kier molecular flexibility index (Phi) is 6.93. The average Bonchev–Trinajstić information content (AvgIpc) is 3.44. The predicted molar refractivity (Wildman–Crippen MR) is 153 cm³/mol. The molecule has 2 aliphatic carbocycles. The number of aromatic nitrogens is 5. The van der Waals surface area contributed by atoms with Crippen LogP contribution in [0.2, 0.25) is 0 Å². The molecule has 0 aromatic carbocycles. The van der Waals surface area contributed by atoms with Crippen LogP contribution in [0.3, 0.4) is 0 Å². The molecule has 13 heteroatoms. The summed E-state index contributed by atoms with van der Waals surface area (Å²) in [4.78, 5) is 22.6. The van der Waals surface area contributed by atoms with E-state index in [-0.39, 0.29) is 23.1 Å². The highest BCUT2D eigenvalue weighted by molar-refractivity contribution is 7.91. The number of rotatable bonds is 8. The molecule has 2 saturated carbocycles. The topological polar surface area (TPSA) is 163 Å². The molecule has 4 aromatic rings. The maximum atomic E-state index is 13.0. The number of hydrogen-bond acceptors (Lipinski definition) is 12. The third-order valence-electron chi connectivity index (χ3n) is 7.84. The minimum absolute atomic E-state index is 0.138. The van der Waals surface area contributed by atoms with Gasteiger partial charge in [0.2, 0.25) is 5.95 Å². The zero-order valence-corrected chi connectivity index (χ0v) is 23.8. The van der Waals surface area contributed by atoms with Crippen molar-refractivity contribution in [2.24, 2.45) is 5.92 Å². The fourth-order valence-electron chi connectivity index (χ4n) is 5.35. The number of nitrogens with one attached hydrogen (secondary N) is 2. The first-order valence-electron chi connectivity index (χ1n) is 13.3. The monoisotopic (exact) mass is 581 g/mol. The van der Waals surface area contributed by atoms with Crippen molar-refractivity contribution in [2.45, 2.75) is 68.7 Å². The molecule has 0 spiro atoms. The molecule has 0 radical (unpaired) electrons. The van der Waals surface area contributed by atoms with Crippen LogP contribution in [0.1, 0.15) is 43.5 Å². The zero-order valence-electron chi connectivity index (χ0n) is 22.2. The summed E-state index contributed by atoms with van der Waals surface area (Å²) in [5, 5.41) is 30.0. The first-order valence-corrected chi connectivity index (χ1v) is 15.8. The average molecular weight is 582 g/mol. The first kappa shape index (κ1) is 26.9. The lowest BCUT2D eigenvalue weighted by Crippen LogP contribution is -2.48. The minimum Gasteiger partial charge on any atom is -0.388 e. The lowest BCUT2D eigenvalue weighted by molar-refractivity contribution is -0.0442. The third kappa shape index (κ3) is 5.02. The first-order chi connectivity index (χ1) is 19.1. The van der Waals surface area contributed by atoms with Crippen molar-refractivity contribution in [2.75, 3.05) is 16.4 Å². The van der Waals surface area contributed by atoms with Crippen molar-refractivity contribution < 1.29 is 18.6 Å². The number of aliphatic hydroxyl groups excluding tert-OH is 1. The quantitative estimate of drug-likeness (QED) is 0.225. The number of nitrogens with zero attached hydrogens (tertiary/aromatic N) is 5. The van der Waals surface area contributed by atoms with E-state index in [1.807, 2.05) is 19.9 Å². The Labute approximate surface area is 236 Å². The molecule has 4 heterocycles. The molecule has 0 aliphatic heterocycles. The highest BCUT2D eigenvalue weighted by Gasteiger charge is 2.49. The summed E-state index contributed by atoms with van der Waals surface area (Å²) >= 11 is 1.47. The van der Waals surface area contributed by atoms with E-state index in [0.29, 0.717) is 34.5 Å². The summed E-state index contributed by atoms with van der Waals surface area (Å²) in [6.07, 6.45) is 6.90. The van der Waals surface area contributed by atoms with Gasteiger partial charge in [0.15, 0.2) is 15.6 Å². The van der Waals surface area contributed by atoms with Gasteiger partial charge in [0.1, 0.15) is 22.4 Å². The molecule has 6 rings (SSSR count). The van der Waals surface area contributed by atoms with Crippen LogP contribution in [-0.4, -0.2) is 67.2 Å². The van der Waals surface area contributed by atoms with Gasteiger partial charge in [0, 0.05) is 30.6 Å². The van der Waals surface area contributed by atoms with Crippen LogP contribution in [0.4, 0.5) is 11.8 Å². The number of anilines is 2. The van der Waals surface area contributed by atoms with Crippen LogP contribution < -0.4 is 10.6 Å². The van der Waals surface area contributed by atoms with Gasteiger partial charge in [-0.25, -0.2) is 18.4 Å². The summed E-state index contributed by atoms with van der Waals surface area (Å²) in [5.74, 6) is -0.208. The van der Waals surface area contributed by atoms with Gasteiger partial charge in [0.25, 0.3) is 0 Å². The number of aryl methyl sites for hydroxylation is 2. The lowest BCUT2D eigenvalue weighted by Gasteiger charge is -2.32. The van der Waals surface area contributed by atoms with Crippen molar-refractivity contribution in [3.63, 3.8) is 0 Å². The highest BCUT2D eigenvalue weighted by Crippen LogP contribution is 2.42. The van der Waals surface area contributed by atoms with Gasteiger partial charge >= 0.3 is 0 Å². The number of hydrogen-bond donors (Lipinski definition) is 4. The molecule has 11 nitrogen and oxygen atoms in total. The number of pyridine rings is 2. The van der Waals surface area contributed by atoms with Gasteiger partial charge in [-0.15, -0.1) is 11.3 Å². The Balaban J connectivity index is 1.34. The molecular formula is C27H31N7O4S2. The van der Waals surface area contributed by atoms with Crippen molar-refractivity contribution in [3.05, 3.63) is 48.2 Å². The van der Waals surface area contributed by atoms with Crippen molar-refractivity contribution in [3.8, 4) is 10.6 Å². The molecular weight excluding hydrogens is 550 g/mol. The van der Waals surface area contributed by atoms with Crippen molar-refractivity contribution in [1.29, 1.82) is 0 Å². The smallest absolute Gasteiger partial charge is 0.225 e. The standard InChI is InChI=1S/C27H31N7O4S2/c1-15-21(25-32-22-16(2)29-13-9-20(22)39-25)24(33-26(30-15)31-18-4-3-5-18)34-27(36)10-6-17(23(27)35)14-40(37,38)19-7-11-28-12-8-19/h7-9,11-13,17-18,23,35-36H,3-6,10,14H2,1-2H3,(H2,30,31,33,34)/t17-,23-,27-/m1/s1.